The second kappa shape index (κ2) is 3.42. The summed E-state index contributed by atoms with van der Waals surface area (Å²) in [4.78, 5) is 16.5. The lowest BCUT2D eigenvalue weighted by Gasteiger charge is -1.92. The average molecular weight is 246 g/mol. The summed E-state index contributed by atoms with van der Waals surface area (Å²) in [6, 6.07) is 1.92. The van der Waals surface area contributed by atoms with Gasteiger partial charge in [0, 0.05) is 0 Å². The maximum absolute atomic E-state index is 5.77. The van der Waals surface area contributed by atoms with Gasteiger partial charge in [0.15, 0.2) is 17.3 Å². The SMILES string of the molecule is Cc1cc(N)sc1-c1nc2ncnc(N)c2[nH]1. The highest BCUT2D eigenvalue weighted by atomic mass is 32.1. The number of aromatic nitrogens is 4. The molecule has 0 bridgehead atoms. The van der Waals surface area contributed by atoms with Crippen LogP contribution in [0.1, 0.15) is 5.56 Å². The van der Waals surface area contributed by atoms with Gasteiger partial charge in [-0.3, -0.25) is 0 Å². The second-order valence-corrected chi connectivity index (χ2v) is 4.79. The number of H-pyrrole nitrogens is 1. The molecule has 3 aromatic rings. The van der Waals surface area contributed by atoms with E-state index in [9.17, 15) is 0 Å². The predicted octanol–water partition coefficient (Wildman–Crippen LogP) is 1.55. The molecule has 3 rings (SSSR count). The number of nitrogen functional groups attached to an aromatic ring is 2. The van der Waals surface area contributed by atoms with Crippen LogP contribution in [-0.4, -0.2) is 19.9 Å². The summed E-state index contributed by atoms with van der Waals surface area (Å²) in [6.07, 6.45) is 1.40. The van der Waals surface area contributed by atoms with E-state index in [4.69, 9.17) is 11.5 Å². The number of nitrogens with zero attached hydrogens (tertiary/aromatic N) is 3. The van der Waals surface area contributed by atoms with Crippen molar-refractivity contribution in [1.29, 1.82) is 0 Å². The molecule has 0 unspecified atom stereocenters. The van der Waals surface area contributed by atoms with Crippen LogP contribution >= 0.6 is 11.3 Å². The maximum Gasteiger partial charge on any atom is 0.183 e. The number of anilines is 2. The number of aryl methyl sites for hydroxylation is 1. The lowest BCUT2D eigenvalue weighted by molar-refractivity contribution is 1.21. The summed E-state index contributed by atoms with van der Waals surface area (Å²) in [7, 11) is 0. The summed E-state index contributed by atoms with van der Waals surface area (Å²) >= 11 is 1.48. The fourth-order valence-corrected chi connectivity index (χ4v) is 2.58. The average Bonchev–Trinajstić information content (AvgIpc) is 2.82. The number of rotatable bonds is 1. The lowest BCUT2D eigenvalue weighted by Crippen LogP contribution is -1.91. The van der Waals surface area contributed by atoms with Gasteiger partial charge in [-0.2, -0.15) is 0 Å². The zero-order valence-electron chi connectivity index (χ0n) is 9.06. The Bertz CT molecular complexity index is 698. The number of hydrogen-bond acceptors (Lipinski definition) is 6. The number of nitrogens with two attached hydrogens (primary N) is 2. The molecule has 17 heavy (non-hydrogen) atoms. The fraction of sp³-hybridized carbons (Fsp3) is 0.100. The molecule has 0 aliphatic heterocycles. The zero-order chi connectivity index (χ0) is 12.0. The van der Waals surface area contributed by atoms with Gasteiger partial charge in [0.2, 0.25) is 0 Å². The molecule has 3 aromatic heterocycles. The Morgan fingerprint density at radius 2 is 2.12 bits per heavy atom. The Morgan fingerprint density at radius 1 is 1.29 bits per heavy atom. The standard InChI is InChI=1S/C10H10N6S/c1-4-2-5(11)17-7(4)10-15-6-8(12)13-3-14-9(6)16-10/h2-3H,11H2,1H3,(H3,12,13,14,15,16). The topological polar surface area (TPSA) is 106 Å². The van der Waals surface area contributed by atoms with Crippen LogP contribution in [0.5, 0.6) is 0 Å². The van der Waals surface area contributed by atoms with Crippen LogP contribution in [-0.2, 0) is 0 Å². The van der Waals surface area contributed by atoms with Crippen molar-refractivity contribution in [1.82, 2.24) is 19.9 Å². The number of imidazole rings is 1. The van der Waals surface area contributed by atoms with Crippen molar-refractivity contribution >= 4 is 33.3 Å². The number of aromatic amines is 1. The number of nitrogens with one attached hydrogen (secondary N) is 1. The molecule has 0 fully saturated rings. The van der Waals surface area contributed by atoms with Crippen LogP contribution < -0.4 is 11.5 Å². The summed E-state index contributed by atoms with van der Waals surface area (Å²) < 4.78 is 0. The van der Waals surface area contributed by atoms with Crippen molar-refractivity contribution in [2.24, 2.45) is 0 Å². The van der Waals surface area contributed by atoms with Gasteiger partial charge in [-0.05, 0) is 18.6 Å². The van der Waals surface area contributed by atoms with Crippen molar-refractivity contribution in [3.05, 3.63) is 18.0 Å². The van der Waals surface area contributed by atoms with E-state index in [2.05, 4.69) is 19.9 Å². The van der Waals surface area contributed by atoms with E-state index in [0.29, 0.717) is 17.0 Å². The third-order valence-corrected chi connectivity index (χ3v) is 3.54. The van der Waals surface area contributed by atoms with Crippen molar-refractivity contribution in [3.8, 4) is 10.7 Å². The molecule has 0 aliphatic carbocycles. The van der Waals surface area contributed by atoms with E-state index in [1.54, 1.807) is 0 Å². The Balaban J connectivity index is 2.25. The minimum Gasteiger partial charge on any atom is -0.391 e. The van der Waals surface area contributed by atoms with Crippen molar-refractivity contribution in [3.63, 3.8) is 0 Å². The number of fused-ring (bicyclic) bond motifs is 1. The normalized spacial score (nSPS) is 11.1. The molecule has 0 saturated heterocycles. The largest absolute Gasteiger partial charge is 0.391 e. The Labute approximate surface area is 101 Å². The first-order valence-electron chi connectivity index (χ1n) is 4.97. The molecule has 7 heteroatoms. The minimum absolute atomic E-state index is 0.399. The van der Waals surface area contributed by atoms with Gasteiger partial charge >= 0.3 is 0 Å². The highest BCUT2D eigenvalue weighted by Gasteiger charge is 2.13. The fourth-order valence-electron chi connectivity index (χ4n) is 1.70. The van der Waals surface area contributed by atoms with Crippen molar-refractivity contribution < 1.29 is 0 Å². The molecule has 0 radical (unpaired) electrons. The third kappa shape index (κ3) is 1.51. The number of hydrogen-bond donors (Lipinski definition) is 3. The Morgan fingerprint density at radius 3 is 2.76 bits per heavy atom. The first-order chi connectivity index (χ1) is 8.15. The third-order valence-electron chi connectivity index (χ3n) is 2.47. The summed E-state index contributed by atoms with van der Waals surface area (Å²) in [5.41, 5.74) is 13.8. The molecule has 0 spiro atoms. The first-order valence-corrected chi connectivity index (χ1v) is 5.79. The summed E-state index contributed by atoms with van der Waals surface area (Å²) in [6.45, 7) is 1.99. The molecular formula is C10H10N6S. The molecule has 6 nitrogen and oxygen atoms in total. The van der Waals surface area contributed by atoms with E-state index in [0.717, 1.165) is 21.3 Å². The van der Waals surface area contributed by atoms with E-state index >= 15 is 0 Å². The van der Waals surface area contributed by atoms with Crippen molar-refractivity contribution in [2.45, 2.75) is 6.92 Å². The Kier molecular flexibility index (Phi) is 2.02. The number of thiophene rings is 1. The van der Waals surface area contributed by atoms with Crippen LogP contribution in [0, 0.1) is 6.92 Å². The van der Waals surface area contributed by atoms with Crippen LogP contribution in [0.2, 0.25) is 0 Å². The van der Waals surface area contributed by atoms with Gasteiger partial charge in [-0.1, -0.05) is 0 Å². The van der Waals surface area contributed by atoms with Crippen LogP contribution in [0.25, 0.3) is 21.9 Å². The van der Waals surface area contributed by atoms with E-state index in [1.165, 1.54) is 17.7 Å². The molecule has 0 saturated carbocycles. The maximum atomic E-state index is 5.77. The predicted molar refractivity (Wildman–Crippen MR) is 68.6 cm³/mol. The van der Waals surface area contributed by atoms with E-state index in [-0.39, 0.29) is 0 Å². The second-order valence-electron chi connectivity index (χ2n) is 3.70. The molecule has 86 valence electrons. The monoisotopic (exact) mass is 246 g/mol. The molecule has 5 N–H and O–H groups in total. The van der Waals surface area contributed by atoms with Crippen molar-refractivity contribution in [2.75, 3.05) is 11.5 Å². The van der Waals surface area contributed by atoms with E-state index < -0.39 is 0 Å². The van der Waals surface area contributed by atoms with Gasteiger partial charge in [0.25, 0.3) is 0 Å². The molecule has 3 heterocycles. The minimum atomic E-state index is 0.399. The molecule has 0 aromatic carbocycles. The van der Waals surface area contributed by atoms with E-state index in [1.807, 2.05) is 13.0 Å². The van der Waals surface area contributed by atoms with Gasteiger partial charge < -0.3 is 16.5 Å². The van der Waals surface area contributed by atoms with Gasteiger partial charge in [0.1, 0.15) is 11.8 Å². The van der Waals surface area contributed by atoms with Crippen LogP contribution in [0.4, 0.5) is 10.8 Å². The highest BCUT2D eigenvalue weighted by molar-refractivity contribution is 7.19. The molecular weight excluding hydrogens is 236 g/mol. The van der Waals surface area contributed by atoms with Gasteiger partial charge in [-0.15, -0.1) is 11.3 Å². The summed E-state index contributed by atoms with van der Waals surface area (Å²) in [5, 5.41) is 0.761. The van der Waals surface area contributed by atoms with Crippen LogP contribution in [0.15, 0.2) is 12.4 Å². The lowest BCUT2D eigenvalue weighted by atomic mass is 10.3. The van der Waals surface area contributed by atoms with Gasteiger partial charge in [-0.25, -0.2) is 15.0 Å². The Hall–Kier alpha value is -2.15. The molecule has 0 amide bonds. The smallest absolute Gasteiger partial charge is 0.183 e. The highest BCUT2D eigenvalue weighted by Crippen LogP contribution is 2.33. The van der Waals surface area contributed by atoms with Gasteiger partial charge in [0.05, 0.1) is 9.88 Å². The van der Waals surface area contributed by atoms with Crippen LogP contribution in [0.3, 0.4) is 0 Å². The molecule has 0 aliphatic rings. The first kappa shape index (κ1) is 10.0. The quantitative estimate of drug-likeness (QED) is 0.604. The zero-order valence-corrected chi connectivity index (χ0v) is 9.88. The summed E-state index contributed by atoms with van der Waals surface area (Å²) in [5.74, 6) is 1.13. The molecule has 0 atom stereocenters.